The van der Waals surface area contributed by atoms with Gasteiger partial charge in [-0.1, -0.05) is 11.8 Å². The molecule has 0 aliphatic heterocycles. The molecule has 0 unspecified atom stereocenters. The Kier molecular flexibility index (Phi) is 5.17. The van der Waals surface area contributed by atoms with Crippen molar-refractivity contribution in [1.82, 2.24) is 19.6 Å². The first-order valence-corrected chi connectivity index (χ1v) is 8.75. The first-order valence-electron chi connectivity index (χ1n) is 7.76. The molecule has 136 valence electrons. The minimum atomic E-state index is -2.89. The maximum atomic E-state index is 12.3. The lowest BCUT2D eigenvalue weighted by atomic mass is 10.1. The fourth-order valence-corrected chi connectivity index (χ4v) is 3.05. The van der Waals surface area contributed by atoms with E-state index in [0.717, 1.165) is 17.0 Å². The summed E-state index contributed by atoms with van der Waals surface area (Å²) >= 11 is 1.20. The van der Waals surface area contributed by atoms with Crippen molar-refractivity contribution in [3.8, 4) is 5.75 Å². The van der Waals surface area contributed by atoms with E-state index in [2.05, 4.69) is 19.8 Å². The number of halogens is 2. The zero-order chi connectivity index (χ0) is 18.8. The van der Waals surface area contributed by atoms with Crippen LogP contribution >= 0.6 is 11.8 Å². The van der Waals surface area contributed by atoms with Gasteiger partial charge in [0.25, 0.3) is 5.78 Å². The van der Waals surface area contributed by atoms with Crippen molar-refractivity contribution in [1.29, 1.82) is 0 Å². The standard InChI is InChI=1S/C17H16F2N4O2S/c1-9-10(2)20-16-21-17(22-23(16)11(9)3)26-8-14(24)12-4-6-13(7-5-12)25-15(18)19/h4-7,15H,8H2,1-3H3. The van der Waals surface area contributed by atoms with E-state index in [1.165, 1.54) is 36.0 Å². The molecule has 0 saturated carbocycles. The topological polar surface area (TPSA) is 69.4 Å². The van der Waals surface area contributed by atoms with Gasteiger partial charge in [-0.25, -0.2) is 9.50 Å². The molecule has 0 spiro atoms. The van der Waals surface area contributed by atoms with Crippen molar-refractivity contribution in [3.05, 3.63) is 46.8 Å². The highest BCUT2D eigenvalue weighted by Gasteiger charge is 2.14. The molecular weight excluding hydrogens is 362 g/mol. The van der Waals surface area contributed by atoms with Crippen LogP contribution < -0.4 is 4.74 Å². The number of benzene rings is 1. The Morgan fingerprint density at radius 3 is 2.54 bits per heavy atom. The van der Waals surface area contributed by atoms with Crippen LogP contribution in [0.5, 0.6) is 5.75 Å². The number of thioether (sulfide) groups is 1. The third kappa shape index (κ3) is 3.82. The second-order valence-corrected chi connectivity index (χ2v) is 6.57. The van der Waals surface area contributed by atoms with E-state index < -0.39 is 6.61 Å². The summed E-state index contributed by atoms with van der Waals surface area (Å²) in [6, 6.07) is 5.59. The largest absolute Gasteiger partial charge is 0.435 e. The second kappa shape index (κ2) is 7.36. The number of ketones is 1. The van der Waals surface area contributed by atoms with Crippen molar-refractivity contribution in [2.75, 3.05) is 5.75 Å². The van der Waals surface area contributed by atoms with Gasteiger partial charge in [0, 0.05) is 17.0 Å². The van der Waals surface area contributed by atoms with E-state index in [1.54, 1.807) is 4.52 Å². The molecule has 0 amide bonds. The predicted molar refractivity (Wildman–Crippen MR) is 93.1 cm³/mol. The highest BCUT2D eigenvalue weighted by Crippen LogP contribution is 2.20. The maximum Gasteiger partial charge on any atom is 0.387 e. The van der Waals surface area contributed by atoms with Crippen LogP contribution in [-0.4, -0.2) is 37.7 Å². The van der Waals surface area contributed by atoms with Gasteiger partial charge in [-0.15, -0.1) is 5.10 Å². The van der Waals surface area contributed by atoms with Crippen molar-refractivity contribution in [2.45, 2.75) is 32.5 Å². The van der Waals surface area contributed by atoms with Crippen LogP contribution in [0.25, 0.3) is 5.78 Å². The molecule has 0 bridgehead atoms. The van der Waals surface area contributed by atoms with Gasteiger partial charge in [0.15, 0.2) is 5.78 Å². The minimum absolute atomic E-state index is 0.0125. The number of aromatic nitrogens is 4. The molecule has 3 rings (SSSR count). The van der Waals surface area contributed by atoms with Crippen LogP contribution in [0.15, 0.2) is 29.4 Å². The number of alkyl halides is 2. The van der Waals surface area contributed by atoms with Crippen molar-refractivity contribution < 1.29 is 18.3 Å². The number of Topliss-reactive ketones (excluding diaryl/α,β-unsaturated/α-hetero) is 1. The summed E-state index contributed by atoms with van der Waals surface area (Å²) in [5.41, 5.74) is 3.29. The molecule has 2 heterocycles. The predicted octanol–water partition coefficient (Wildman–Crippen LogP) is 3.63. The van der Waals surface area contributed by atoms with Gasteiger partial charge in [-0.3, -0.25) is 4.79 Å². The van der Waals surface area contributed by atoms with Crippen LogP contribution in [0, 0.1) is 20.8 Å². The molecule has 6 nitrogen and oxygen atoms in total. The summed E-state index contributed by atoms with van der Waals surface area (Å²) in [5, 5.41) is 4.83. The van der Waals surface area contributed by atoms with Gasteiger partial charge in [0.1, 0.15) is 5.75 Å². The molecule has 0 aliphatic carbocycles. The monoisotopic (exact) mass is 378 g/mol. The summed E-state index contributed by atoms with van der Waals surface area (Å²) in [7, 11) is 0. The smallest absolute Gasteiger partial charge is 0.387 e. The molecule has 0 saturated heterocycles. The number of hydrogen-bond donors (Lipinski definition) is 0. The quantitative estimate of drug-likeness (QED) is 0.482. The van der Waals surface area contributed by atoms with E-state index >= 15 is 0 Å². The molecule has 0 aliphatic rings. The number of fused-ring (bicyclic) bond motifs is 1. The number of carbonyl (C=O) groups is 1. The summed E-state index contributed by atoms with van der Waals surface area (Å²) in [4.78, 5) is 21.0. The SMILES string of the molecule is Cc1nc2nc(SCC(=O)c3ccc(OC(F)F)cc3)nn2c(C)c1C. The molecule has 3 aromatic rings. The summed E-state index contributed by atoms with van der Waals surface area (Å²) < 4.78 is 30.2. The first kappa shape index (κ1) is 18.2. The van der Waals surface area contributed by atoms with Crippen molar-refractivity contribution >= 4 is 23.3 Å². The Bertz CT molecular complexity index is 958. The van der Waals surface area contributed by atoms with Gasteiger partial charge in [-0.2, -0.15) is 13.8 Å². The average Bonchev–Trinajstić information content (AvgIpc) is 3.01. The highest BCUT2D eigenvalue weighted by molar-refractivity contribution is 7.99. The third-order valence-corrected chi connectivity index (χ3v) is 4.81. The lowest BCUT2D eigenvalue weighted by Crippen LogP contribution is -2.04. The number of nitrogens with zero attached hydrogens (tertiary/aromatic N) is 4. The van der Waals surface area contributed by atoms with Crippen LogP contribution in [0.2, 0.25) is 0 Å². The zero-order valence-corrected chi connectivity index (χ0v) is 15.2. The van der Waals surface area contributed by atoms with Crippen molar-refractivity contribution in [3.63, 3.8) is 0 Å². The van der Waals surface area contributed by atoms with E-state index in [-0.39, 0.29) is 17.3 Å². The Balaban J connectivity index is 1.69. The second-order valence-electron chi connectivity index (χ2n) is 5.63. The average molecular weight is 378 g/mol. The van der Waals surface area contributed by atoms with Crippen LogP contribution in [-0.2, 0) is 0 Å². The van der Waals surface area contributed by atoms with E-state index in [1.807, 2.05) is 20.8 Å². The van der Waals surface area contributed by atoms with Gasteiger partial charge >= 0.3 is 6.61 Å². The zero-order valence-electron chi connectivity index (χ0n) is 14.4. The molecule has 0 atom stereocenters. The summed E-state index contributed by atoms with van der Waals surface area (Å²) in [5.74, 6) is 0.477. The molecule has 9 heteroatoms. The van der Waals surface area contributed by atoms with Crippen LogP contribution in [0.4, 0.5) is 8.78 Å². The number of hydrogen-bond acceptors (Lipinski definition) is 6. The molecule has 26 heavy (non-hydrogen) atoms. The van der Waals surface area contributed by atoms with Crippen molar-refractivity contribution in [2.24, 2.45) is 0 Å². The minimum Gasteiger partial charge on any atom is -0.435 e. The van der Waals surface area contributed by atoms with Gasteiger partial charge < -0.3 is 4.74 Å². The Morgan fingerprint density at radius 2 is 1.88 bits per heavy atom. The molecular formula is C17H16F2N4O2S. The number of aryl methyl sites for hydroxylation is 2. The van der Waals surface area contributed by atoms with E-state index in [4.69, 9.17) is 0 Å². The number of ether oxygens (including phenoxy) is 1. The normalized spacial score (nSPS) is 11.3. The molecule has 0 N–H and O–H groups in total. The van der Waals surface area contributed by atoms with Gasteiger partial charge in [-0.05, 0) is 50.6 Å². The van der Waals surface area contributed by atoms with Gasteiger partial charge in [0.2, 0.25) is 5.16 Å². The fourth-order valence-electron chi connectivity index (χ4n) is 2.33. The molecule has 1 aromatic carbocycles. The van der Waals surface area contributed by atoms with E-state index in [9.17, 15) is 13.6 Å². The third-order valence-electron chi connectivity index (χ3n) is 3.98. The maximum absolute atomic E-state index is 12.3. The summed E-state index contributed by atoms with van der Waals surface area (Å²) in [6.07, 6.45) is 0. The highest BCUT2D eigenvalue weighted by atomic mass is 32.2. The Hall–Kier alpha value is -2.55. The molecule has 0 radical (unpaired) electrons. The molecule has 0 fully saturated rings. The first-order chi connectivity index (χ1) is 12.3. The molecule has 2 aromatic heterocycles. The Labute approximate surface area is 152 Å². The van der Waals surface area contributed by atoms with Gasteiger partial charge in [0.05, 0.1) is 5.75 Å². The lowest BCUT2D eigenvalue weighted by molar-refractivity contribution is -0.0498. The number of carbonyl (C=O) groups excluding carboxylic acids is 1. The lowest BCUT2D eigenvalue weighted by Gasteiger charge is -2.05. The van der Waals surface area contributed by atoms with Crippen LogP contribution in [0.3, 0.4) is 0 Å². The Morgan fingerprint density at radius 1 is 1.19 bits per heavy atom. The fraction of sp³-hybridized carbons (Fsp3) is 0.294. The summed E-state index contributed by atoms with van der Waals surface area (Å²) in [6.45, 7) is 2.93. The van der Waals surface area contributed by atoms with Crippen LogP contribution in [0.1, 0.15) is 27.3 Å². The number of rotatable bonds is 6. The van der Waals surface area contributed by atoms with E-state index in [0.29, 0.717) is 16.5 Å².